The zero-order valence-electron chi connectivity index (χ0n) is 14.4. The van der Waals surface area contributed by atoms with Gasteiger partial charge in [0, 0.05) is 18.7 Å². The molecule has 1 amide bonds. The van der Waals surface area contributed by atoms with Crippen molar-refractivity contribution in [3.8, 4) is 0 Å². The van der Waals surface area contributed by atoms with E-state index < -0.39 is 0 Å². The van der Waals surface area contributed by atoms with E-state index in [0.717, 1.165) is 17.8 Å². The number of rotatable bonds is 7. The van der Waals surface area contributed by atoms with Gasteiger partial charge in [0.15, 0.2) is 5.96 Å². The summed E-state index contributed by atoms with van der Waals surface area (Å²) < 4.78 is 0. The minimum absolute atomic E-state index is 0. The fraction of sp³-hybridized carbons (Fsp3) is 0.529. The molecular formula is C17H29IN4O. The van der Waals surface area contributed by atoms with Gasteiger partial charge in [-0.3, -0.25) is 4.79 Å². The van der Waals surface area contributed by atoms with E-state index in [2.05, 4.69) is 29.5 Å². The second-order valence-corrected chi connectivity index (χ2v) is 6.32. The van der Waals surface area contributed by atoms with Gasteiger partial charge in [-0.2, -0.15) is 0 Å². The Balaban J connectivity index is 0.00000484. The predicted molar refractivity (Wildman–Crippen MR) is 108 cm³/mol. The molecule has 0 saturated heterocycles. The first-order valence-corrected chi connectivity index (χ1v) is 7.79. The molecule has 0 spiro atoms. The Kier molecular flexibility index (Phi) is 10.6. The van der Waals surface area contributed by atoms with Crippen molar-refractivity contribution in [2.75, 3.05) is 11.9 Å². The average Bonchev–Trinajstić information content (AvgIpc) is 2.42. The number of aliphatic imine (C=N–C) groups is 1. The number of guanidine groups is 1. The lowest BCUT2D eigenvalue weighted by atomic mass is 10.1. The summed E-state index contributed by atoms with van der Waals surface area (Å²) in [6.07, 6.45) is 0.522. The van der Waals surface area contributed by atoms with Crippen molar-refractivity contribution >= 4 is 41.5 Å². The monoisotopic (exact) mass is 432 g/mol. The molecule has 0 atom stereocenters. The van der Waals surface area contributed by atoms with Crippen molar-refractivity contribution in [3.05, 3.63) is 29.8 Å². The number of carbonyl (C=O) groups excluding carboxylic acids is 1. The van der Waals surface area contributed by atoms with E-state index in [1.54, 1.807) is 0 Å². The van der Waals surface area contributed by atoms with Gasteiger partial charge < -0.3 is 16.4 Å². The molecule has 0 bridgehead atoms. The third kappa shape index (κ3) is 10.1. The molecule has 0 aliphatic rings. The quantitative estimate of drug-likeness (QED) is 0.351. The maximum Gasteiger partial charge on any atom is 0.224 e. The fourth-order valence-corrected chi connectivity index (χ4v) is 1.87. The van der Waals surface area contributed by atoms with Crippen LogP contribution in [0.5, 0.6) is 0 Å². The van der Waals surface area contributed by atoms with Gasteiger partial charge in [-0.05, 0) is 29.5 Å². The van der Waals surface area contributed by atoms with Gasteiger partial charge in [-0.15, -0.1) is 24.0 Å². The van der Waals surface area contributed by atoms with Crippen molar-refractivity contribution in [2.24, 2.45) is 22.6 Å². The lowest BCUT2D eigenvalue weighted by molar-refractivity contribution is -0.116. The highest BCUT2D eigenvalue weighted by Crippen LogP contribution is 2.13. The minimum atomic E-state index is 0. The van der Waals surface area contributed by atoms with E-state index >= 15 is 0 Å². The normalized spacial score (nSPS) is 11.3. The lowest BCUT2D eigenvalue weighted by Crippen LogP contribution is -2.34. The molecular weight excluding hydrogens is 403 g/mol. The number of hydrogen-bond acceptors (Lipinski definition) is 2. The summed E-state index contributed by atoms with van der Waals surface area (Å²) >= 11 is 0. The number of carbonyl (C=O) groups is 1. The van der Waals surface area contributed by atoms with Crippen LogP contribution in [-0.4, -0.2) is 18.4 Å². The van der Waals surface area contributed by atoms with Gasteiger partial charge in [0.05, 0.1) is 6.54 Å². The third-order valence-electron chi connectivity index (χ3n) is 2.93. The van der Waals surface area contributed by atoms with Gasteiger partial charge in [0.2, 0.25) is 5.91 Å². The molecule has 0 radical (unpaired) electrons. The molecule has 0 heterocycles. The summed E-state index contributed by atoms with van der Waals surface area (Å²) in [5, 5.41) is 5.99. The molecule has 6 heteroatoms. The molecule has 5 nitrogen and oxygen atoms in total. The minimum Gasteiger partial charge on any atom is -0.370 e. The largest absolute Gasteiger partial charge is 0.370 e. The van der Waals surface area contributed by atoms with Gasteiger partial charge in [-0.25, -0.2) is 4.99 Å². The predicted octanol–water partition coefficient (Wildman–Crippen LogP) is 3.35. The van der Waals surface area contributed by atoms with Crippen LogP contribution in [0.15, 0.2) is 29.3 Å². The Labute approximate surface area is 156 Å². The first-order valence-electron chi connectivity index (χ1n) is 7.79. The highest BCUT2D eigenvalue weighted by molar-refractivity contribution is 14.0. The van der Waals surface area contributed by atoms with E-state index in [-0.39, 0.29) is 29.9 Å². The number of hydrogen-bond donors (Lipinski definition) is 3. The first-order chi connectivity index (χ1) is 10.4. The van der Waals surface area contributed by atoms with Gasteiger partial charge >= 0.3 is 0 Å². The van der Waals surface area contributed by atoms with Crippen LogP contribution in [0.4, 0.5) is 5.69 Å². The number of nitrogens with two attached hydrogens (primary N) is 1. The Bertz CT molecular complexity index is 515. The standard InChI is InChI=1S/C17H28N4O.HI/c1-12(2)8-16(22)21-15-7-5-6-14(9-15)11-20-17(18)19-10-13(3)4;/h5-7,9,12-13H,8,10-11H2,1-4H3,(H,21,22)(H3,18,19,20);1H. The highest BCUT2D eigenvalue weighted by atomic mass is 127. The van der Waals surface area contributed by atoms with Crippen molar-refractivity contribution in [2.45, 2.75) is 40.7 Å². The van der Waals surface area contributed by atoms with Crippen LogP contribution in [0.25, 0.3) is 0 Å². The molecule has 1 rings (SSSR count). The highest BCUT2D eigenvalue weighted by Gasteiger charge is 2.05. The lowest BCUT2D eigenvalue weighted by Gasteiger charge is -2.09. The van der Waals surface area contributed by atoms with Gasteiger partial charge in [0.25, 0.3) is 0 Å². The van der Waals surface area contributed by atoms with Crippen LogP contribution in [0.1, 0.15) is 39.7 Å². The summed E-state index contributed by atoms with van der Waals surface area (Å²) in [7, 11) is 0. The van der Waals surface area contributed by atoms with Crippen LogP contribution < -0.4 is 16.4 Å². The molecule has 0 unspecified atom stereocenters. The first kappa shape index (κ1) is 21.7. The van der Waals surface area contributed by atoms with Gasteiger partial charge in [-0.1, -0.05) is 39.8 Å². The molecule has 1 aromatic rings. The summed E-state index contributed by atoms with van der Waals surface area (Å²) in [4.78, 5) is 16.1. The van der Waals surface area contributed by atoms with Crippen LogP contribution in [0, 0.1) is 11.8 Å². The second kappa shape index (κ2) is 11.3. The topological polar surface area (TPSA) is 79.5 Å². The van der Waals surface area contributed by atoms with E-state index in [1.165, 1.54) is 0 Å². The molecule has 0 aromatic heterocycles. The van der Waals surface area contributed by atoms with Crippen molar-refractivity contribution < 1.29 is 4.79 Å². The van der Waals surface area contributed by atoms with E-state index in [1.807, 2.05) is 38.1 Å². The maximum absolute atomic E-state index is 11.8. The zero-order valence-corrected chi connectivity index (χ0v) is 16.8. The Morgan fingerprint density at radius 3 is 2.52 bits per heavy atom. The van der Waals surface area contributed by atoms with Crippen molar-refractivity contribution in [3.63, 3.8) is 0 Å². The summed E-state index contributed by atoms with van der Waals surface area (Å²) in [6.45, 7) is 9.58. The van der Waals surface area contributed by atoms with E-state index in [0.29, 0.717) is 30.8 Å². The zero-order chi connectivity index (χ0) is 16.5. The molecule has 0 aliphatic carbocycles. The second-order valence-electron chi connectivity index (χ2n) is 6.32. The van der Waals surface area contributed by atoms with Crippen molar-refractivity contribution in [1.29, 1.82) is 0 Å². The van der Waals surface area contributed by atoms with Crippen LogP contribution >= 0.6 is 24.0 Å². The smallest absolute Gasteiger partial charge is 0.224 e. The summed E-state index contributed by atoms with van der Waals surface area (Å²) in [5.41, 5.74) is 7.62. The van der Waals surface area contributed by atoms with E-state index in [9.17, 15) is 4.79 Å². The third-order valence-corrected chi connectivity index (χ3v) is 2.93. The molecule has 0 aliphatic heterocycles. The van der Waals surface area contributed by atoms with Crippen LogP contribution in [-0.2, 0) is 11.3 Å². The summed E-state index contributed by atoms with van der Waals surface area (Å²) in [5.74, 6) is 1.35. The fourth-order valence-electron chi connectivity index (χ4n) is 1.87. The molecule has 130 valence electrons. The molecule has 23 heavy (non-hydrogen) atoms. The Morgan fingerprint density at radius 1 is 1.22 bits per heavy atom. The molecule has 0 fully saturated rings. The van der Waals surface area contributed by atoms with E-state index in [4.69, 9.17) is 5.73 Å². The SMILES string of the molecule is CC(C)CNC(N)=NCc1cccc(NC(=O)CC(C)C)c1.I. The number of anilines is 1. The number of nitrogens with zero attached hydrogens (tertiary/aromatic N) is 1. The Morgan fingerprint density at radius 2 is 1.91 bits per heavy atom. The molecule has 0 saturated carbocycles. The number of amides is 1. The van der Waals surface area contributed by atoms with Gasteiger partial charge in [0.1, 0.15) is 0 Å². The maximum atomic E-state index is 11.8. The number of benzene rings is 1. The van der Waals surface area contributed by atoms with Crippen LogP contribution in [0.3, 0.4) is 0 Å². The molecule has 1 aromatic carbocycles. The average molecular weight is 432 g/mol. The molecule has 4 N–H and O–H groups in total. The summed E-state index contributed by atoms with van der Waals surface area (Å²) in [6, 6.07) is 7.69. The number of halogens is 1. The van der Waals surface area contributed by atoms with Crippen molar-refractivity contribution in [1.82, 2.24) is 5.32 Å². The van der Waals surface area contributed by atoms with Crippen LogP contribution in [0.2, 0.25) is 0 Å². The number of nitrogens with one attached hydrogen (secondary N) is 2. The Hall–Kier alpha value is -1.31.